The van der Waals surface area contributed by atoms with Gasteiger partial charge in [-0.1, -0.05) is 48.6 Å². The van der Waals surface area contributed by atoms with Crippen LogP contribution in [0.3, 0.4) is 0 Å². The van der Waals surface area contributed by atoms with Crippen LogP contribution in [-0.4, -0.2) is 29.3 Å². The lowest BCUT2D eigenvalue weighted by molar-refractivity contribution is -0.183. The zero-order chi connectivity index (χ0) is 11.8. The van der Waals surface area contributed by atoms with Crippen molar-refractivity contribution in [2.24, 2.45) is 11.8 Å². The third-order valence-corrected chi connectivity index (χ3v) is 4.96. The molecule has 0 aromatic heterocycles. The second kappa shape index (κ2) is 4.94. The van der Waals surface area contributed by atoms with E-state index in [4.69, 9.17) is 9.47 Å². The molecule has 2 aliphatic heterocycles. The van der Waals surface area contributed by atoms with Crippen LogP contribution in [0.5, 0.6) is 0 Å². The van der Waals surface area contributed by atoms with Crippen molar-refractivity contribution in [1.82, 2.24) is 0 Å². The molecule has 0 saturated carbocycles. The first-order valence-electron chi connectivity index (χ1n) is 6.10. The van der Waals surface area contributed by atoms with Gasteiger partial charge in [0, 0.05) is 18.9 Å². The minimum atomic E-state index is -0.0526. The summed E-state index contributed by atoms with van der Waals surface area (Å²) in [5.74, 6) is 0.914. The van der Waals surface area contributed by atoms with Gasteiger partial charge in [0.2, 0.25) is 0 Å². The summed E-state index contributed by atoms with van der Waals surface area (Å²) in [6.45, 7) is 4.50. The minimum absolute atomic E-state index is 0.0526. The molecule has 0 amide bonds. The van der Waals surface area contributed by atoms with Crippen molar-refractivity contribution >= 4 is 22.6 Å². The van der Waals surface area contributed by atoms with Crippen molar-refractivity contribution in [1.29, 1.82) is 0 Å². The molecule has 2 nitrogen and oxygen atoms in total. The third kappa shape index (κ3) is 1.95. The number of alkyl halides is 1. The average molecular weight is 336 g/mol. The molecule has 2 rings (SSSR count). The van der Waals surface area contributed by atoms with E-state index in [0.29, 0.717) is 17.9 Å². The van der Waals surface area contributed by atoms with Crippen LogP contribution in [0.2, 0.25) is 0 Å². The van der Waals surface area contributed by atoms with Crippen LogP contribution < -0.4 is 0 Å². The molecule has 0 N–H and O–H groups in total. The Morgan fingerprint density at radius 1 is 1.44 bits per heavy atom. The van der Waals surface area contributed by atoms with Crippen LogP contribution in [0.4, 0.5) is 0 Å². The Kier molecular flexibility index (Phi) is 3.97. The highest BCUT2D eigenvalue weighted by Gasteiger charge is 2.51. The molecule has 0 aromatic rings. The van der Waals surface area contributed by atoms with E-state index < -0.39 is 0 Å². The Bertz CT molecular complexity index is 279. The van der Waals surface area contributed by atoms with Gasteiger partial charge >= 0.3 is 0 Å². The first-order chi connectivity index (χ1) is 7.64. The van der Waals surface area contributed by atoms with Crippen LogP contribution >= 0.6 is 22.6 Å². The topological polar surface area (TPSA) is 18.5 Å². The number of hydrogen-bond donors (Lipinski definition) is 0. The molecular formula is C13H21IO2. The number of halogens is 1. The normalized spacial score (nSPS) is 46.2. The largest absolute Gasteiger partial charge is 0.381 e. The fourth-order valence-corrected chi connectivity index (χ4v) is 3.56. The lowest BCUT2D eigenvalue weighted by atomic mass is 9.76. The Hall–Kier alpha value is 0.390. The number of fused-ring (bicyclic) bond motifs is 2. The maximum atomic E-state index is 6.25. The summed E-state index contributed by atoms with van der Waals surface area (Å²) in [6, 6.07) is 0. The minimum Gasteiger partial charge on any atom is -0.381 e. The smallest absolute Gasteiger partial charge is 0.0922 e. The lowest BCUT2D eigenvalue weighted by Gasteiger charge is -2.46. The predicted molar refractivity (Wildman–Crippen MR) is 74.0 cm³/mol. The zero-order valence-corrected chi connectivity index (χ0v) is 12.4. The number of hydrogen-bond acceptors (Lipinski definition) is 2. The van der Waals surface area contributed by atoms with Crippen molar-refractivity contribution in [2.45, 2.75) is 44.5 Å². The van der Waals surface area contributed by atoms with Crippen molar-refractivity contribution in [2.75, 3.05) is 11.5 Å². The summed E-state index contributed by atoms with van der Waals surface area (Å²) in [4.78, 5) is 0. The summed E-state index contributed by atoms with van der Waals surface area (Å²) < 4.78 is 13.1. The molecule has 1 fully saturated rings. The first kappa shape index (κ1) is 12.8. The molecule has 0 radical (unpaired) electrons. The van der Waals surface area contributed by atoms with Gasteiger partial charge in [-0.15, -0.1) is 0 Å². The van der Waals surface area contributed by atoms with E-state index in [2.05, 4.69) is 48.6 Å². The molecule has 5 atom stereocenters. The van der Waals surface area contributed by atoms with Crippen LogP contribution in [0.25, 0.3) is 0 Å². The molecule has 2 bridgehead atoms. The van der Waals surface area contributed by atoms with Crippen molar-refractivity contribution in [3.63, 3.8) is 0 Å². The Balaban J connectivity index is 2.18. The molecule has 92 valence electrons. The molecule has 16 heavy (non-hydrogen) atoms. The maximum absolute atomic E-state index is 6.25. The van der Waals surface area contributed by atoms with Gasteiger partial charge in [-0.3, -0.25) is 0 Å². The molecule has 0 aliphatic carbocycles. The molecule has 2 heterocycles. The van der Waals surface area contributed by atoms with Gasteiger partial charge in [0.15, 0.2) is 0 Å². The molecule has 0 spiro atoms. The fourth-order valence-electron chi connectivity index (χ4n) is 3.18. The van der Waals surface area contributed by atoms with Gasteiger partial charge in [0.25, 0.3) is 0 Å². The maximum Gasteiger partial charge on any atom is 0.0922 e. The van der Waals surface area contributed by atoms with Crippen LogP contribution in [-0.2, 0) is 9.47 Å². The number of methoxy groups -OCH3 is 1. The highest BCUT2D eigenvalue weighted by atomic mass is 127. The summed E-state index contributed by atoms with van der Waals surface area (Å²) in [7, 11) is 1.83. The van der Waals surface area contributed by atoms with Gasteiger partial charge in [-0.25, -0.2) is 0 Å². The van der Waals surface area contributed by atoms with E-state index in [1.54, 1.807) is 0 Å². The highest BCUT2D eigenvalue weighted by molar-refractivity contribution is 14.1. The second-order valence-corrected chi connectivity index (χ2v) is 6.12. The van der Waals surface area contributed by atoms with E-state index in [9.17, 15) is 0 Å². The Morgan fingerprint density at radius 2 is 2.19 bits per heavy atom. The highest BCUT2D eigenvalue weighted by Crippen LogP contribution is 2.46. The van der Waals surface area contributed by atoms with Gasteiger partial charge in [0.1, 0.15) is 0 Å². The van der Waals surface area contributed by atoms with E-state index in [0.717, 1.165) is 6.42 Å². The van der Waals surface area contributed by atoms with Crippen LogP contribution in [0.1, 0.15) is 26.7 Å². The van der Waals surface area contributed by atoms with E-state index in [1.807, 2.05) is 7.11 Å². The summed E-state index contributed by atoms with van der Waals surface area (Å²) >= 11 is 2.43. The first-order valence-corrected chi connectivity index (χ1v) is 7.63. The molecule has 2 aliphatic rings. The van der Waals surface area contributed by atoms with Crippen molar-refractivity contribution < 1.29 is 9.47 Å². The van der Waals surface area contributed by atoms with Gasteiger partial charge in [-0.05, 0) is 17.3 Å². The summed E-state index contributed by atoms with van der Waals surface area (Å²) in [5, 5.41) is 0. The van der Waals surface area contributed by atoms with Gasteiger partial charge in [0.05, 0.1) is 17.8 Å². The monoisotopic (exact) mass is 336 g/mol. The van der Waals surface area contributed by atoms with Crippen molar-refractivity contribution in [3.8, 4) is 0 Å². The van der Waals surface area contributed by atoms with Gasteiger partial charge < -0.3 is 9.47 Å². The predicted octanol–water partition coefficient (Wildman–Crippen LogP) is 3.20. The second-order valence-electron chi connectivity index (χ2n) is 5.04. The van der Waals surface area contributed by atoms with E-state index in [-0.39, 0.29) is 11.7 Å². The van der Waals surface area contributed by atoms with Crippen molar-refractivity contribution in [3.05, 3.63) is 12.2 Å². The van der Waals surface area contributed by atoms with Gasteiger partial charge in [-0.2, -0.15) is 0 Å². The van der Waals surface area contributed by atoms with Crippen LogP contribution in [0, 0.1) is 11.8 Å². The van der Waals surface area contributed by atoms with Crippen LogP contribution in [0.15, 0.2) is 12.2 Å². The summed E-state index contributed by atoms with van der Waals surface area (Å²) in [5.41, 5.74) is -0.0526. The number of rotatable bonds is 4. The standard InChI is InChI=1S/C13H21IO2/c1-9-11-5-7-13(16-11,6-4-8-14)10(2)12(9)15-3/h5,7,9-12H,4,6,8H2,1-3H3/t9-,10-,11+,12-,13-/m0/s1. The third-order valence-electron chi connectivity index (χ3n) is 4.20. The lowest BCUT2D eigenvalue weighted by Crippen LogP contribution is -2.53. The molecule has 3 heteroatoms. The SMILES string of the molecule is CO[C@H]1[C@@H](C)[C@H]2C=C[C@](CCCI)(O2)[C@H]1C. The van der Waals surface area contributed by atoms with E-state index in [1.165, 1.54) is 10.8 Å². The molecule has 0 unspecified atom stereocenters. The Morgan fingerprint density at radius 3 is 2.81 bits per heavy atom. The Labute approximate surface area is 112 Å². The molecular weight excluding hydrogens is 315 g/mol. The summed E-state index contributed by atoms with van der Waals surface area (Å²) in [6.07, 6.45) is 7.46. The fraction of sp³-hybridized carbons (Fsp3) is 0.846. The molecule has 0 aromatic carbocycles. The van der Waals surface area contributed by atoms with E-state index >= 15 is 0 Å². The molecule has 1 saturated heterocycles. The number of ether oxygens (including phenoxy) is 2. The zero-order valence-electron chi connectivity index (χ0n) is 10.3. The quantitative estimate of drug-likeness (QED) is 0.446. The average Bonchev–Trinajstić information content (AvgIpc) is 2.68.